The fourth-order valence-corrected chi connectivity index (χ4v) is 5.41. The fourth-order valence-electron chi connectivity index (χ4n) is 4.29. The monoisotopic (exact) mass is 460 g/mol. The van der Waals surface area contributed by atoms with Gasteiger partial charge in [-0.2, -0.15) is 0 Å². The molecule has 0 bridgehead atoms. The molecule has 4 aromatic rings. The van der Waals surface area contributed by atoms with Gasteiger partial charge in [0, 0.05) is 51.6 Å². The van der Waals surface area contributed by atoms with Gasteiger partial charge in [0.25, 0.3) is 0 Å². The summed E-state index contributed by atoms with van der Waals surface area (Å²) in [5.74, 6) is 1.28. The highest BCUT2D eigenvalue weighted by Gasteiger charge is 2.37. The SMILES string of the molecule is CC(C)CCOCCc1ccc(C2c3[nH]c4ccccc4c(=O)c3CN2c2ncccn2)s1. The summed E-state index contributed by atoms with van der Waals surface area (Å²) >= 11 is 1.77. The van der Waals surface area contributed by atoms with Crippen molar-refractivity contribution >= 4 is 28.2 Å². The number of H-pyrrole nitrogens is 1. The van der Waals surface area contributed by atoms with Crippen LogP contribution in [-0.2, 0) is 17.7 Å². The molecule has 1 unspecified atom stereocenters. The summed E-state index contributed by atoms with van der Waals surface area (Å²) in [5, 5.41) is 0.719. The Hall–Kier alpha value is -3.03. The molecule has 0 radical (unpaired) electrons. The molecule has 0 amide bonds. The van der Waals surface area contributed by atoms with Crippen LogP contribution in [0.1, 0.15) is 47.3 Å². The zero-order valence-electron chi connectivity index (χ0n) is 19.0. The number of hydrogen-bond donors (Lipinski definition) is 1. The normalized spacial score (nSPS) is 15.5. The van der Waals surface area contributed by atoms with E-state index in [1.807, 2.05) is 30.3 Å². The summed E-state index contributed by atoms with van der Waals surface area (Å²) in [4.78, 5) is 30.4. The minimum atomic E-state index is -0.125. The average molecular weight is 461 g/mol. The molecule has 4 heterocycles. The molecule has 1 aromatic carbocycles. The number of ether oxygens (including phenoxy) is 1. The van der Waals surface area contributed by atoms with E-state index >= 15 is 0 Å². The molecule has 170 valence electrons. The van der Waals surface area contributed by atoms with E-state index < -0.39 is 0 Å². The molecule has 1 aliphatic rings. The number of nitrogens with zero attached hydrogens (tertiary/aromatic N) is 3. The lowest BCUT2D eigenvalue weighted by atomic mass is 10.1. The maximum atomic E-state index is 13.3. The smallest absolute Gasteiger partial charge is 0.226 e. The Kier molecular flexibility index (Phi) is 6.24. The first-order valence-electron chi connectivity index (χ1n) is 11.5. The van der Waals surface area contributed by atoms with Crippen molar-refractivity contribution in [3.05, 3.63) is 86.1 Å². The molecule has 7 heteroatoms. The van der Waals surface area contributed by atoms with Gasteiger partial charge >= 0.3 is 0 Å². The number of para-hydroxylation sites is 1. The fraction of sp³-hybridized carbons (Fsp3) is 0.346. The van der Waals surface area contributed by atoms with Gasteiger partial charge in [-0.1, -0.05) is 26.0 Å². The van der Waals surface area contributed by atoms with Crippen molar-refractivity contribution in [2.24, 2.45) is 5.92 Å². The third-order valence-electron chi connectivity index (χ3n) is 6.05. The van der Waals surface area contributed by atoms with Crippen molar-refractivity contribution in [1.82, 2.24) is 15.0 Å². The average Bonchev–Trinajstić information content (AvgIpc) is 3.44. The van der Waals surface area contributed by atoms with Crippen LogP contribution in [0.2, 0.25) is 0 Å². The van der Waals surface area contributed by atoms with Gasteiger partial charge in [0.1, 0.15) is 6.04 Å². The third-order valence-corrected chi connectivity index (χ3v) is 7.24. The van der Waals surface area contributed by atoms with E-state index in [-0.39, 0.29) is 11.5 Å². The molecule has 3 aromatic heterocycles. The first-order valence-corrected chi connectivity index (χ1v) is 12.3. The number of hydrogen-bond acceptors (Lipinski definition) is 6. The minimum absolute atomic E-state index is 0.0816. The van der Waals surface area contributed by atoms with E-state index in [0.29, 0.717) is 18.4 Å². The number of aromatic amines is 1. The Morgan fingerprint density at radius 3 is 2.76 bits per heavy atom. The molecule has 1 atom stereocenters. The van der Waals surface area contributed by atoms with Gasteiger partial charge in [0.05, 0.1) is 18.8 Å². The van der Waals surface area contributed by atoms with Crippen molar-refractivity contribution in [2.45, 2.75) is 39.3 Å². The summed E-state index contributed by atoms with van der Waals surface area (Å²) in [6, 6.07) is 13.7. The van der Waals surface area contributed by atoms with Gasteiger partial charge in [-0.3, -0.25) is 4.79 Å². The number of anilines is 1. The number of fused-ring (bicyclic) bond motifs is 2. The number of benzene rings is 1. The van der Waals surface area contributed by atoms with Crippen LogP contribution in [0.5, 0.6) is 0 Å². The Bertz CT molecular complexity index is 1300. The molecule has 1 aliphatic heterocycles. The van der Waals surface area contributed by atoms with Crippen molar-refractivity contribution in [3.8, 4) is 0 Å². The first kappa shape index (κ1) is 21.8. The Balaban J connectivity index is 1.47. The van der Waals surface area contributed by atoms with E-state index in [1.165, 1.54) is 9.75 Å². The quantitative estimate of drug-likeness (QED) is 0.371. The van der Waals surface area contributed by atoms with Crippen molar-refractivity contribution in [1.29, 1.82) is 0 Å². The summed E-state index contributed by atoms with van der Waals surface area (Å²) < 4.78 is 5.82. The van der Waals surface area contributed by atoms with Crippen LogP contribution < -0.4 is 10.3 Å². The van der Waals surface area contributed by atoms with Gasteiger partial charge in [-0.05, 0) is 42.7 Å². The lowest BCUT2D eigenvalue weighted by Gasteiger charge is -2.24. The largest absolute Gasteiger partial charge is 0.381 e. The van der Waals surface area contributed by atoms with Gasteiger partial charge in [-0.25, -0.2) is 9.97 Å². The zero-order valence-corrected chi connectivity index (χ0v) is 19.8. The number of thiophene rings is 1. The van der Waals surface area contributed by atoms with Crippen LogP contribution in [0.15, 0.2) is 59.7 Å². The molecular formula is C26H28N4O2S. The van der Waals surface area contributed by atoms with Crippen molar-refractivity contribution in [2.75, 3.05) is 18.1 Å². The van der Waals surface area contributed by atoms with E-state index in [0.717, 1.165) is 48.2 Å². The predicted molar refractivity (Wildman–Crippen MR) is 133 cm³/mol. The summed E-state index contributed by atoms with van der Waals surface area (Å²) in [6.45, 7) is 6.43. The van der Waals surface area contributed by atoms with Crippen LogP contribution in [0, 0.1) is 5.92 Å². The molecule has 0 aliphatic carbocycles. The lowest BCUT2D eigenvalue weighted by molar-refractivity contribution is 0.127. The molecule has 0 fully saturated rings. The Morgan fingerprint density at radius 2 is 1.94 bits per heavy atom. The van der Waals surface area contributed by atoms with E-state index in [1.54, 1.807) is 23.7 Å². The summed E-state index contributed by atoms with van der Waals surface area (Å²) in [5.41, 5.74) is 2.67. The van der Waals surface area contributed by atoms with Crippen LogP contribution in [0.3, 0.4) is 0 Å². The standard InChI is InChI=1S/C26H28N4O2S/c1-17(2)10-14-32-15-11-18-8-9-22(33-18)24-23-20(16-30(24)26-27-12-5-13-28-26)25(31)19-6-3-4-7-21(19)29-23/h3-9,12-13,17,24H,10-11,14-16H2,1-2H3,(H,29,31). The van der Waals surface area contributed by atoms with E-state index in [4.69, 9.17) is 4.74 Å². The van der Waals surface area contributed by atoms with Crippen LogP contribution in [-0.4, -0.2) is 28.2 Å². The highest BCUT2D eigenvalue weighted by Crippen LogP contribution is 2.41. The maximum absolute atomic E-state index is 13.3. The molecule has 1 N–H and O–H groups in total. The number of nitrogens with one attached hydrogen (secondary N) is 1. The molecule has 0 saturated heterocycles. The topological polar surface area (TPSA) is 71.1 Å². The van der Waals surface area contributed by atoms with Crippen LogP contribution in [0.4, 0.5) is 5.95 Å². The number of rotatable bonds is 8. The van der Waals surface area contributed by atoms with Gasteiger partial charge in [0.2, 0.25) is 5.95 Å². The van der Waals surface area contributed by atoms with Crippen molar-refractivity contribution < 1.29 is 4.74 Å². The number of pyridine rings is 1. The van der Waals surface area contributed by atoms with Crippen LogP contribution in [0.25, 0.3) is 10.9 Å². The second kappa shape index (κ2) is 9.45. The summed E-state index contributed by atoms with van der Waals surface area (Å²) in [7, 11) is 0. The molecule has 33 heavy (non-hydrogen) atoms. The second-order valence-corrected chi connectivity index (χ2v) is 10.0. The Labute approximate surface area is 197 Å². The van der Waals surface area contributed by atoms with Gasteiger partial charge in [0.15, 0.2) is 5.43 Å². The van der Waals surface area contributed by atoms with Gasteiger partial charge in [-0.15, -0.1) is 11.3 Å². The van der Waals surface area contributed by atoms with Crippen molar-refractivity contribution in [3.63, 3.8) is 0 Å². The highest BCUT2D eigenvalue weighted by molar-refractivity contribution is 7.12. The molecule has 0 spiro atoms. The predicted octanol–water partition coefficient (Wildman–Crippen LogP) is 5.09. The highest BCUT2D eigenvalue weighted by atomic mass is 32.1. The maximum Gasteiger partial charge on any atom is 0.226 e. The van der Waals surface area contributed by atoms with E-state index in [2.05, 4.69) is 45.8 Å². The molecule has 6 nitrogen and oxygen atoms in total. The zero-order chi connectivity index (χ0) is 22.8. The lowest BCUT2D eigenvalue weighted by Crippen LogP contribution is -2.24. The van der Waals surface area contributed by atoms with E-state index in [9.17, 15) is 4.79 Å². The molecule has 5 rings (SSSR count). The van der Waals surface area contributed by atoms with Gasteiger partial charge < -0.3 is 14.6 Å². The third kappa shape index (κ3) is 4.43. The second-order valence-electron chi connectivity index (χ2n) is 8.82. The van der Waals surface area contributed by atoms with Crippen LogP contribution >= 0.6 is 11.3 Å². The number of aromatic nitrogens is 3. The minimum Gasteiger partial charge on any atom is -0.381 e. The Morgan fingerprint density at radius 1 is 1.12 bits per heavy atom. The summed E-state index contributed by atoms with van der Waals surface area (Å²) in [6.07, 6.45) is 5.46. The molecule has 0 saturated carbocycles. The molecular weight excluding hydrogens is 432 g/mol. The first-order chi connectivity index (χ1) is 16.1.